The molecule has 0 unspecified atom stereocenters. The molecular formula is C19H20FN5O3. The molecule has 146 valence electrons. The van der Waals surface area contributed by atoms with Crippen molar-refractivity contribution in [2.75, 3.05) is 18.1 Å². The summed E-state index contributed by atoms with van der Waals surface area (Å²) in [6.07, 6.45) is 7.38. The number of halogens is 1. The van der Waals surface area contributed by atoms with Gasteiger partial charge >= 0.3 is 0 Å². The summed E-state index contributed by atoms with van der Waals surface area (Å²) in [7, 11) is 0. The third-order valence-corrected chi connectivity index (χ3v) is 4.13. The van der Waals surface area contributed by atoms with Gasteiger partial charge in [0.1, 0.15) is 12.4 Å². The molecule has 2 heterocycles. The Morgan fingerprint density at radius 1 is 1.36 bits per heavy atom. The van der Waals surface area contributed by atoms with Crippen molar-refractivity contribution in [3.63, 3.8) is 0 Å². The van der Waals surface area contributed by atoms with Crippen molar-refractivity contribution in [1.82, 2.24) is 9.97 Å². The van der Waals surface area contributed by atoms with Crippen LogP contribution in [0.1, 0.15) is 18.4 Å². The maximum Gasteiger partial charge on any atom is 0.229 e. The number of primary amides is 1. The second-order valence-electron chi connectivity index (χ2n) is 6.10. The van der Waals surface area contributed by atoms with Crippen molar-refractivity contribution in [2.45, 2.75) is 19.4 Å². The number of hydrogen-bond acceptors (Lipinski definition) is 7. The highest BCUT2D eigenvalue weighted by atomic mass is 19.1. The molecule has 1 amide bonds. The Balaban J connectivity index is 1.66. The van der Waals surface area contributed by atoms with Gasteiger partial charge in [-0.3, -0.25) is 4.79 Å². The quantitative estimate of drug-likeness (QED) is 0.554. The van der Waals surface area contributed by atoms with E-state index in [4.69, 9.17) is 10.6 Å². The molecule has 2 aromatic rings. The van der Waals surface area contributed by atoms with Crippen LogP contribution in [0.25, 0.3) is 11.1 Å². The highest BCUT2D eigenvalue weighted by Gasteiger charge is 2.15. The summed E-state index contributed by atoms with van der Waals surface area (Å²) in [5.74, 6) is -0.432. The molecule has 0 aliphatic carbocycles. The van der Waals surface area contributed by atoms with Crippen molar-refractivity contribution < 1.29 is 19.1 Å². The van der Waals surface area contributed by atoms with E-state index in [0.717, 1.165) is 5.71 Å². The molecule has 1 aliphatic rings. The van der Waals surface area contributed by atoms with Gasteiger partial charge in [0, 0.05) is 48.2 Å². The number of nitrogens with two attached hydrogens (primary N) is 1. The van der Waals surface area contributed by atoms with Gasteiger partial charge in [-0.15, -0.1) is 0 Å². The molecule has 28 heavy (non-hydrogen) atoms. The number of allylic oxidation sites excluding steroid dienone is 1. The maximum absolute atomic E-state index is 14.3. The predicted octanol–water partition coefficient (Wildman–Crippen LogP) is 1.75. The predicted molar refractivity (Wildman–Crippen MR) is 102 cm³/mol. The van der Waals surface area contributed by atoms with Gasteiger partial charge < -0.3 is 20.6 Å². The van der Waals surface area contributed by atoms with Crippen molar-refractivity contribution >= 4 is 17.6 Å². The lowest BCUT2D eigenvalue weighted by atomic mass is 10.1. The summed E-state index contributed by atoms with van der Waals surface area (Å²) in [6, 6.07) is 4.83. The molecule has 8 nitrogen and oxygen atoms in total. The van der Waals surface area contributed by atoms with Crippen LogP contribution in [0.4, 0.5) is 10.3 Å². The minimum absolute atomic E-state index is 0.120. The Bertz CT molecular complexity index is 899. The van der Waals surface area contributed by atoms with Crippen molar-refractivity contribution in [3.8, 4) is 11.1 Å². The van der Waals surface area contributed by atoms with Crippen LogP contribution in [0.15, 0.2) is 48.0 Å². The lowest BCUT2D eigenvalue weighted by Crippen LogP contribution is -2.26. The monoisotopic (exact) mass is 385 g/mol. The number of rotatable bonds is 7. The Morgan fingerprint density at radius 3 is 2.79 bits per heavy atom. The van der Waals surface area contributed by atoms with E-state index < -0.39 is 11.7 Å². The van der Waals surface area contributed by atoms with Crippen LogP contribution >= 0.6 is 0 Å². The zero-order valence-corrected chi connectivity index (χ0v) is 15.1. The number of carbonyl (C=O) groups is 1. The van der Waals surface area contributed by atoms with E-state index >= 15 is 0 Å². The number of anilines is 1. The third kappa shape index (κ3) is 4.68. The third-order valence-electron chi connectivity index (χ3n) is 4.13. The van der Waals surface area contributed by atoms with Gasteiger partial charge in [-0.1, -0.05) is 23.4 Å². The maximum atomic E-state index is 14.3. The summed E-state index contributed by atoms with van der Waals surface area (Å²) in [6.45, 7) is 0.380. The number of carbonyl (C=O) groups excluding carboxylic acids is 1. The van der Waals surface area contributed by atoms with Crippen LogP contribution in [-0.2, 0) is 16.2 Å². The number of aromatic nitrogens is 2. The molecular weight excluding hydrogens is 365 g/mol. The SMILES string of the molecule is NC(=O)CCO/N=C1\C=CN(c2ncc(-c3cccc(CO)c3F)cn2)CC1. The van der Waals surface area contributed by atoms with Crippen molar-refractivity contribution in [2.24, 2.45) is 10.9 Å². The fourth-order valence-electron chi connectivity index (χ4n) is 2.62. The second kappa shape index (κ2) is 9.05. The second-order valence-corrected chi connectivity index (χ2v) is 6.10. The van der Waals surface area contributed by atoms with Crippen LogP contribution in [0.3, 0.4) is 0 Å². The number of benzene rings is 1. The van der Waals surface area contributed by atoms with E-state index in [9.17, 15) is 14.3 Å². The minimum atomic E-state index is -0.476. The number of hydrogen-bond donors (Lipinski definition) is 2. The molecule has 9 heteroatoms. The fraction of sp³-hybridized carbons (Fsp3) is 0.263. The molecule has 3 rings (SSSR count). The first-order chi connectivity index (χ1) is 13.6. The molecule has 0 saturated heterocycles. The molecule has 0 fully saturated rings. The largest absolute Gasteiger partial charge is 0.395 e. The lowest BCUT2D eigenvalue weighted by Gasteiger charge is -2.21. The molecule has 0 saturated carbocycles. The summed E-state index contributed by atoms with van der Waals surface area (Å²) in [4.78, 5) is 26.1. The molecule has 3 N–H and O–H groups in total. The first-order valence-corrected chi connectivity index (χ1v) is 8.71. The first-order valence-electron chi connectivity index (χ1n) is 8.71. The Kier molecular flexibility index (Phi) is 6.28. The van der Waals surface area contributed by atoms with Gasteiger partial charge in [0.25, 0.3) is 0 Å². The standard InChI is InChI=1S/C19H20FN5O3/c20-18-13(12-26)2-1-3-16(18)14-10-22-19(23-11-14)25-7-4-15(5-8-25)24-28-9-6-17(21)27/h1-4,7,10-11,26H,5-6,8-9,12H2,(H2,21,27)/b24-15+. The van der Waals surface area contributed by atoms with E-state index in [2.05, 4.69) is 15.1 Å². The molecule has 1 aromatic heterocycles. The van der Waals surface area contributed by atoms with Crippen LogP contribution in [-0.4, -0.2) is 39.8 Å². The smallest absolute Gasteiger partial charge is 0.229 e. The van der Waals surface area contributed by atoms with E-state index in [0.29, 0.717) is 30.0 Å². The van der Waals surface area contributed by atoms with E-state index in [1.54, 1.807) is 36.8 Å². The van der Waals surface area contributed by atoms with Crippen molar-refractivity contribution in [1.29, 1.82) is 0 Å². The zero-order valence-electron chi connectivity index (χ0n) is 15.1. The van der Waals surface area contributed by atoms with Gasteiger partial charge in [-0.25, -0.2) is 14.4 Å². The normalized spacial score (nSPS) is 15.1. The molecule has 0 atom stereocenters. The molecule has 1 aliphatic heterocycles. The van der Waals surface area contributed by atoms with Gasteiger partial charge in [0.15, 0.2) is 0 Å². The summed E-state index contributed by atoms with van der Waals surface area (Å²) < 4.78 is 14.3. The average molecular weight is 385 g/mol. The van der Waals surface area contributed by atoms with E-state index in [1.165, 1.54) is 6.07 Å². The van der Waals surface area contributed by atoms with Crippen LogP contribution in [0.2, 0.25) is 0 Å². The number of aliphatic hydroxyl groups is 1. The summed E-state index contributed by atoms with van der Waals surface area (Å²) >= 11 is 0. The van der Waals surface area contributed by atoms with E-state index in [1.807, 2.05) is 4.90 Å². The zero-order chi connectivity index (χ0) is 19.9. The van der Waals surface area contributed by atoms with Gasteiger partial charge in [-0.2, -0.15) is 0 Å². The van der Waals surface area contributed by atoms with Gasteiger partial charge in [-0.05, 0) is 6.08 Å². The number of amides is 1. The Morgan fingerprint density at radius 2 is 2.14 bits per heavy atom. The van der Waals surface area contributed by atoms with Crippen LogP contribution < -0.4 is 10.6 Å². The van der Waals surface area contributed by atoms with Gasteiger partial charge in [0.05, 0.1) is 18.7 Å². The fourth-order valence-corrected chi connectivity index (χ4v) is 2.62. The molecule has 0 radical (unpaired) electrons. The number of nitrogens with zero attached hydrogens (tertiary/aromatic N) is 4. The van der Waals surface area contributed by atoms with E-state index in [-0.39, 0.29) is 25.2 Å². The van der Waals surface area contributed by atoms with Crippen LogP contribution in [0.5, 0.6) is 0 Å². The Labute approximate surface area is 161 Å². The first kappa shape index (κ1) is 19.4. The summed E-state index contributed by atoms with van der Waals surface area (Å²) in [5, 5.41) is 13.1. The highest BCUT2D eigenvalue weighted by Crippen LogP contribution is 2.25. The lowest BCUT2D eigenvalue weighted by molar-refractivity contribution is -0.119. The van der Waals surface area contributed by atoms with Crippen LogP contribution in [0, 0.1) is 5.82 Å². The summed E-state index contributed by atoms with van der Waals surface area (Å²) in [5.41, 5.74) is 6.87. The molecule has 0 spiro atoms. The van der Waals surface area contributed by atoms with Crippen molar-refractivity contribution in [3.05, 3.63) is 54.2 Å². The minimum Gasteiger partial charge on any atom is -0.395 e. The molecule has 1 aromatic carbocycles. The highest BCUT2D eigenvalue weighted by molar-refractivity contribution is 5.96. The Hall–Kier alpha value is -3.33. The topological polar surface area (TPSA) is 114 Å². The average Bonchev–Trinajstić information content (AvgIpc) is 2.72. The number of aliphatic hydroxyl groups excluding tert-OH is 1. The molecule has 0 bridgehead atoms. The number of oxime groups is 1. The van der Waals surface area contributed by atoms with Gasteiger partial charge in [0.2, 0.25) is 11.9 Å².